The summed E-state index contributed by atoms with van der Waals surface area (Å²) in [5.41, 5.74) is -0.813. The third-order valence-corrected chi connectivity index (χ3v) is 5.56. The summed E-state index contributed by atoms with van der Waals surface area (Å²) >= 11 is 0. The average Bonchev–Trinajstić information content (AvgIpc) is 3.17. The second-order valence-corrected chi connectivity index (χ2v) is 10.8. The van der Waals surface area contributed by atoms with Gasteiger partial charge in [0.15, 0.2) is 0 Å². The number of alkyl carbamates (subject to hydrolysis) is 1. The molecule has 1 aliphatic heterocycles. The first-order chi connectivity index (χ1) is 17.6. The van der Waals surface area contributed by atoms with Crippen LogP contribution in [0.2, 0.25) is 0 Å². The van der Waals surface area contributed by atoms with Crippen LogP contribution in [0.1, 0.15) is 67.7 Å². The molecule has 12 heteroatoms. The zero-order valence-electron chi connectivity index (χ0n) is 23.5. The highest BCUT2D eigenvalue weighted by atomic mass is 16.6. The molecule has 0 aromatic carbocycles. The summed E-state index contributed by atoms with van der Waals surface area (Å²) in [5.74, 6) is -2.35. The van der Waals surface area contributed by atoms with Crippen molar-refractivity contribution < 1.29 is 38.6 Å². The van der Waals surface area contributed by atoms with Crippen molar-refractivity contribution in [3.63, 3.8) is 0 Å². The predicted molar refractivity (Wildman–Crippen MR) is 140 cm³/mol. The molecule has 5 atom stereocenters. The fourth-order valence-electron chi connectivity index (χ4n) is 3.83. The topological polar surface area (TPSA) is 172 Å². The van der Waals surface area contributed by atoms with E-state index in [-0.39, 0.29) is 37.2 Å². The molecule has 0 aliphatic carbocycles. The quantitative estimate of drug-likeness (QED) is 0.169. The minimum Gasteiger partial charge on any atom is -0.463 e. The molecular weight excluding hydrogens is 496 g/mol. The van der Waals surface area contributed by atoms with Crippen molar-refractivity contribution in [3.05, 3.63) is 12.2 Å². The molecule has 12 nitrogen and oxygen atoms in total. The number of aliphatic hydroxyl groups excluding tert-OH is 1. The molecule has 38 heavy (non-hydrogen) atoms. The first-order valence-electron chi connectivity index (χ1n) is 13.0. The van der Waals surface area contributed by atoms with Crippen LogP contribution < -0.4 is 21.3 Å². The summed E-state index contributed by atoms with van der Waals surface area (Å²) in [7, 11) is 0. The normalized spacial score (nSPS) is 18.8. The van der Waals surface area contributed by atoms with Gasteiger partial charge in [0.2, 0.25) is 17.7 Å². The Labute approximate surface area is 224 Å². The Morgan fingerprint density at radius 3 is 2.26 bits per heavy atom. The van der Waals surface area contributed by atoms with Gasteiger partial charge in [-0.15, -0.1) is 0 Å². The molecular formula is C26H44N4O8. The summed E-state index contributed by atoms with van der Waals surface area (Å²) in [6.07, 6.45) is 1.62. The lowest BCUT2D eigenvalue weighted by Crippen LogP contribution is -2.58. The molecule has 0 saturated carbocycles. The van der Waals surface area contributed by atoms with E-state index in [2.05, 4.69) is 21.3 Å². The van der Waals surface area contributed by atoms with Crippen LogP contribution in [0.3, 0.4) is 0 Å². The molecule has 0 aromatic heterocycles. The fraction of sp³-hybridized carbons (Fsp3) is 0.731. The summed E-state index contributed by atoms with van der Waals surface area (Å²) in [4.78, 5) is 62.5. The van der Waals surface area contributed by atoms with Gasteiger partial charge in [-0.2, -0.15) is 0 Å². The SMILES string of the molecule is CCOC(=O)/C=C/[C@H](CC1CCNC1=O)NC(=O)C(CC(C)C)NC(=O)[C@@H](NC(=O)OC(C)(C)C)C(C)O. The largest absolute Gasteiger partial charge is 0.463 e. The number of amides is 4. The van der Waals surface area contributed by atoms with E-state index in [1.165, 1.54) is 19.1 Å². The van der Waals surface area contributed by atoms with Gasteiger partial charge in [0.25, 0.3) is 0 Å². The fourth-order valence-corrected chi connectivity index (χ4v) is 3.83. The van der Waals surface area contributed by atoms with E-state index in [0.29, 0.717) is 13.0 Å². The van der Waals surface area contributed by atoms with E-state index >= 15 is 0 Å². The zero-order valence-corrected chi connectivity index (χ0v) is 23.5. The standard InChI is InChI=1S/C26H44N4O8/c1-8-37-20(32)10-9-18(14-17-11-12-27-22(17)33)28-23(34)19(13-15(2)3)29-24(35)21(16(4)31)30-25(36)38-26(5,6)7/h9-10,15-19,21,31H,8,11-14H2,1-7H3,(H,27,33)(H,28,34)(H,29,35)(H,30,36)/b10-9+/t16?,17?,18-,19?,21+/m1/s1. The Bertz CT molecular complexity index is 866. The van der Waals surface area contributed by atoms with Gasteiger partial charge in [-0.05, 0) is 59.8 Å². The molecule has 0 spiro atoms. The monoisotopic (exact) mass is 540 g/mol. The molecule has 1 fully saturated rings. The van der Waals surface area contributed by atoms with Crippen LogP contribution >= 0.6 is 0 Å². The summed E-state index contributed by atoms with van der Waals surface area (Å²) in [6, 6.07) is -3.06. The number of carbonyl (C=O) groups is 5. The first kappa shape index (κ1) is 32.9. The molecule has 0 radical (unpaired) electrons. The number of esters is 1. The Morgan fingerprint density at radius 2 is 1.76 bits per heavy atom. The first-order valence-corrected chi connectivity index (χ1v) is 13.0. The minimum absolute atomic E-state index is 0.00370. The number of aliphatic hydroxyl groups is 1. The van der Waals surface area contributed by atoms with Crippen LogP contribution in [0.4, 0.5) is 4.79 Å². The molecule has 1 heterocycles. The second kappa shape index (κ2) is 15.3. The van der Waals surface area contributed by atoms with Gasteiger partial charge in [0.1, 0.15) is 17.7 Å². The average molecular weight is 541 g/mol. The summed E-state index contributed by atoms with van der Waals surface area (Å²) in [6.45, 7) is 12.5. The molecule has 5 N–H and O–H groups in total. The Balaban J connectivity index is 3.04. The van der Waals surface area contributed by atoms with Crippen molar-refractivity contribution in [3.8, 4) is 0 Å². The molecule has 0 bridgehead atoms. The van der Waals surface area contributed by atoms with E-state index in [9.17, 15) is 29.1 Å². The van der Waals surface area contributed by atoms with E-state index in [4.69, 9.17) is 9.47 Å². The molecule has 0 aromatic rings. The number of carbonyl (C=O) groups excluding carboxylic acids is 5. The number of nitrogens with one attached hydrogen (secondary N) is 4. The lowest BCUT2D eigenvalue weighted by molar-refractivity contribution is -0.137. The molecule has 4 amide bonds. The van der Waals surface area contributed by atoms with E-state index in [1.54, 1.807) is 27.7 Å². The lowest BCUT2D eigenvalue weighted by Gasteiger charge is -2.28. The zero-order chi connectivity index (χ0) is 29.0. The van der Waals surface area contributed by atoms with Gasteiger partial charge in [-0.1, -0.05) is 19.9 Å². The molecule has 216 valence electrons. The maximum atomic E-state index is 13.3. The highest BCUT2D eigenvalue weighted by Crippen LogP contribution is 2.17. The Kier molecular flexibility index (Phi) is 13.2. The lowest BCUT2D eigenvalue weighted by atomic mass is 9.96. The van der Waals surface area contributed by atoms with Gasteiger partial charge in [-0.25, -0.2) is 9.59 Å². The van der Waals surface area contributed by atoms with Gasteiger partial charge in [-0.3, -0.25) is 14.4 Å². The van der Waals surface area contributed by atoms with Crippen molar-refractivity contribution >= 4 is 29.8 Å². The predicted octanol–water partition coefficient (Wildman–Crippen LogP) is 0.922. The maximum absolute atomic E-state index is 13.3. The van der Waals surface area contributed by atoms with Gasteiger partial charge in [0.05, 0.1) is 12.7 Å². The highest BCUT2D eigenvalue weighted by molar-refractivity contribution is 5.92. The van der Waals surface area contributed by atoms with Crippen LogP contribution in [-0.4, -0.2) is 77.9 Å². The summed E-state index contributed by atoms with van der Waals surface area (Å²) < 4.78 is 10.1. The molecule has 1 aliphatic rings. The van der Waals surface area contributed by atoms with E-state index < -0.39 is 53.7 Å². The van der Waals surface area contributed by atoms with E-state index in [1.807, 2.05) is 13.8 Å². The minimum atomic E-state index is -1.37. The van der Waals surface area contributed by atoms with E-state index in [0.717, 1.165) is 0 Å². The summed E-state index contributed by atoms with van der Waals surface area (Å²) in [5, 5.41) is 20.7. The number of ether oxygens (including phenoxy) is 2. The maximum Gasteiger partial charge on any atom is 0.408 e. The number of hydrogen-bond donors (Lipinski definition) is 5. The van der Waals surface area contributed by atoms with Gasteiger partial charge < -0.3 is 35.8 Å². The molecule has 1 rings (SSSR count). The van der Waals surface area contributed by atoms with Crippen LogP contribution in [0.5, 0.6) is 0 Å². The van der Waals surface area contributed by atoms with Gasteiger partial charge >= 0.3 is 12.1 Å². The van der Waals surface area contributed by atoms with Crippen molar-refractivity contribution in [1.82, 2.24) is 21.3 Å². The Morgan fingerprint density at radius 1 is 1.11 bits per heavy atom. The molecule has 3 unspecified atom stereocenters. The third-order valence-electron chi connectivity index (χ3n) is 5.56. The van der Waals surface area contributed by atoms with Crippen molar-refractivity contribution in [2.24, 2.45) is 11.8 Å². The van der Waals surface area contributed by atoms with Crippen LogP contribution in [-0.2, 0) is 28.7 Å². The number of hydrogen-bond acceptors (Lipinski definition) is 8. The van der Waals surface area contributed by atoms with Crippen LogP contribution in [0, 0.1) is 11.8 Å². The smallest absolute Gasteiger partial charge is 0.408 e. The van der Waals surface area contributed by atoms with Crippen molar-refractivity contribution in [1.29, 1.82) is 0 Å². The van der Waals surface area contributed by atoms with Crippen molar-refractivity contribution in [2.45, 2.75) is 97.6 Å². The third kappa shape index (κ3) is 12.4. The van der Waals surface area contributed by atoms with Crippen molar-refractivity contribution in [2.75, 3.05) is 13.2 Å². The van der Waals surface area contributed by atoms with Gasteiger partial charge in [0, 0.05) is 24.6 Å². The molecule has 1 saturated heterocycles. The second-order valence-electron chi connectivity index (χ2n) is 10.8. The van der Waals surface area contributed by atoms with Crippen LogP contribution in [0.15, 0.2) is 12.2 Å². The van der Waals surface area contributed by atoms with Crippen LogP contribution in [0.25, 0.3) is 0 Å². The highest BCUT2D eigenvalue weighted by Gasteiger charge is 2.33. The number of rotatable bonds is 13. The Hall–Kier alpha value is -3.15.